The first-order valence-corrected chi connectivity index (χ1v) is 6.86. The Hall–Kier alpha value is -2.34. The number of benzene rings is 1. The first-order chi connectivity index (χ1) is 9.58. The molecule has 3 N–H and O–H groups in total. The van der Waals surface area contributed by atoms with Crippen molar-refractivity contribution in [2.45, 2.75) is 13.5 Å². The van der Waals surface area contributed by atoms with Crippen molar-refractivity contribution in [2.24, 2.45) is 0 Å². The third kappa shape index (κ3) is 3.36. The molecule has 1 amide bonds. The zero-order valence-electron chi connectivity index (χ0n) is 10.8. The second-order valence-corrected chi connectivity index (χ2v) is 5.14. The Morgan fingerprint density at radius 3 is 2.65 bits per heavy atom. The maximum Gasteiger partial charge on any atom is 0.337 e. The molecular weight excluding hydrogens is 276 g/mol. The largest absolute Gasteiger partial charge is 0.478 e. The standard InChI is InChI=1S/C14H14N2O3S/c1-9(17)16-12-6-7-20-13(12)8-15-11-5-3-2-4-10(11)14(18)19/h2-7,15H,8H2,1H3,(H,16,17)(H,18,19). The molecule has 0 saturated carbocycles. The molecule has 0 saturated heterocycles. The number of thiophene rings is 1. The second-order valence-electron chi connectivity index (χ2n) is 4.14. The zero-order valence-corrected chi connectivity index (χ0v) is 11.7. The number of para-hydroxylation sites is 1. The lowest BCUT2D eigenvalue weighted by molar-refractivity contribution is -0.114. The molecule has 20 heavy (non-hydrogen) atoms. The molecule has 0 unspecified atom stereocenters. The van der Waals surface area contributed by atoms with Gasteiger partial charge in [0, 0.05) is 17.5 Å². The van der Waals surface area contributed by atoms with Crippen molar-refractivity contribution in [3.8, 4) is 0 Å². The third-order valence-corrected chi connectivity index (χ3v) is 3.57. The maximum atomic E-state index is 11.1. The van der Waals surface area contributed by atoms with Crippen molar-refractivity contribution < 1.29 is 14.7 Å². The normalized spacial score (nSPS) is 10.1. The predicted molar refractivity (Wildman–Crippen MR) is 79.4 cm³/mol. The molecule has 0 aliphatic rings. The minimum Gasteiger partial charge on any atom is -0.478 e. The van der Waals surface area contributed by atoms with Crippen LogP contribution in [0.1, 0.15) is 22.2 Å². The average molecular weight is 290 g/mol. The Labute approximate surface area is 120 Å². The van der Waals surface area contributed by atoms with Gasteiger partial charge in [-0.3, -0.25) is 4.79 Å². The Morgan fingerprint density at radius 2 is 1.95 bits per heavy atom. The van der Waals surface area contributed by atoms with E-state index in [2.05, 4.69) is 10.6 Å². The van der Waals surface area contributed by atoms with E-state index < -0.39 is 5.97 Å². The van der Waals surface area contributed by atoms with Crippen LogP contribution in [0.4, 0.5) is 11.4 Å². The number of hydrogen-bond acceptors (Lipinski definition) is 4. The molecule has 1 heterocycles. The lowest BCUT2D eigenvalue weighted by Gasteiger charge is -2.10. The van der Waals surface area contributed by atoms with Crippen LogP contribution in [-0.2, 0) is 11.3 Å². The van der Waals surface area contributed by atoms with Gasteiger partial charge in [-0.15, -0.1) is 11.3 Å². The molecule has 5 nitrogen and oxygen atoms in total. The van der Waals surface area contributed by atoms with E-state index in [0.29, 0.717) is 12.2 Å². The zero-order chi connectivity index (χ0) is 14.5. The van der Waals surface area contributed by atoms with E-state index in [4.69, 9.17) is 5.11 Å². The molecule has 1 aromatic carbocycles. The van der Waals surface area contributed by atoms with Gasteiger partial charge in [-0.2, -0.15) is 0 Å². The fourth-order valence-corrected chi connectivity index (χ4v) is 2.55. The summed E-state index contributed by atoms with van der Waals surface area (Å²) in [5.74, 6) is -1.10. The molecule has 0 aliphatic carbocycles. The number of amides is 1. The van der Waals surface area contributed by atoms with Crippen LogP contribution in [-0.4, -0.2) is 17.0 Å². The van der Waals surface area contributed by atoms with Gasteiger partial charge in [0.05, 0.1) is 17.8 Å². The average Bonchev–Trinajstić information content (AvgIpc) is 2.83. The van der Waals surface area contributed by atoms with Crippen molar-refractivity contribution in [3.63, 3.8) is 0 Å². The van der Waals surface area contributed by atoms with Gasteiger partial charge in [0.1, 0.15) is 0 Å². The second kappa shape index (κ2) is 6.21. The molecule has 0 radical (unpaired) electrons. The van der Waals surface area contributed by atoms with Crippen LogP contribution in [0.2, 0.25) is 0 Å². The molecule has 0 bridgehead atoms. The summed E-state index contributed by atoms with van der Waals surface area (Å²) in [4.78, 5) is 23.1. The third-order valence-electron chi connectivity index (χ3n) is 2.65. The van der Waals surface area contributed by atoms with E-state index in [9.17, 15) is 9.59 Å². The number of carboxylic acid groups (broad SMARTS) is 1. The van der Waals surface area contributed by atoms with E-state index in [0.717, 1.165) is 10.6 Å². The van der Waals surface area contributed by atoms with Crippen LogP contribution in [0, 0.1) is 0 Å². The van der Waals surface area contributed by atoms with Crippen molar-refractivity contribution in [1.29, 1.82) is 0 Å². The van der Waals surface area contributed by atoms with Crippen molar-refractivity contribution in [3.05, 3.63) is 46.2 Å². The van der Waals surface area contributed by atoms with E-state index in [1.165, 1.54) is 18.3 Å². The van der Waals surface area contributed by atoms with Gasteiger partial charge in [0.15, 0.2) is 0 Å². The first kappa shape index (κ1) is 14.1. The molecule has 2 aromatic rings. The molecule has 0 aliphatic heterocycles. The van der Waals surface area contributed by atoms with E-state index in [-0.39, 0.29) is 11.5 Å². The van der Waals surface area contributed by atoms with Gasteiger partial charge in [0.25, 0.3) is 0 Å². The minimum absolute atomic E-state index is 0.129. The lowest BCUT2D eigenvalue weighted by atomic mass is 10.2. The van der Waals surface area contributed by atoms with Crippen molar-refractivity contribution in [2.75, 3.05) is 10.6 Å². The molecule has 6 heteroatoms. The fourth-order valence-electron chi connectivity index (χ4n) is 1.78. The van der Waals surface area contributed by atoms with Gasteiger partial charge < -0.3 is 15.7 Å². The summed E-state index contributed by atoms with van der Waals surface area (Å²) < 4.78 is 0. The van der Waals surface area contributed by atoms with Gasteiger partial charge in [0.2, 0.25) is 5.91 Å². The number of rotatable bonds is 5. The maximum absolute atomic E-state index is 11.1. The highest BCUT2D eigenvalue weighted by molar-refractivity contribution is 7.10. The number of carbonyl (C=O) groups excluding carboxylic acids is 1. The monoisotopic (exact) mass is 290 g/mol. The van der Waals surface area contributed by atoms with Crippen LogP contribution in [0.15, 0.2) is 35.7 Å². The molecular formula is C14H14N2O3S. The van der Waals surface area contributed by atoms with Crippen molar-refractivity contribution >= 4 is 34.6 Å². The fraction of sp³-hybridized carbons (Fsp3) is 0.143. The topological polar surface area (TPSA) is 78.4 Å². The summed E-state index contributed by atoms with van der Waals surface area (Å²) >= 11 is 1.50. The molecule has 1 aromatic heterocycles. The number of carboxylic acids is 1. The molecule has 2 rings (SSSR count). The number of anilines is 2. The first-order valence-electron chi connectivity index (χ1n) is 5.98. The molecule has 0 fully saturated rings. The number of carbonyl (C=O) groups is 2. The Bertz CT molecular complexity index is 637. The lowest BCUT2D eigenvalue weighted by Crippen LogP contribution is -2.09. The van der Waals surface area contributed by atoms with Crippen LogP contribution in [0.3, 0.4) is 0 Å². The summed E-state index contributed by atoms with van der Waals surface area (Å²) in [5, 5.41) is 16.8. The van der Waals surface area contributed by atoms with E-state index in [1.807, 2.05) is 11.4 Å². The summed E-state index contributed by atoms with van der Waals surface area (Å²) in [7, 11) is 0. The van der Waals surface area contributed by atoms with Crippen LogP contribution >= 0.6 is 11.3 Å². The summed E-state index contributed by atoms with van der Waals surface area (Å²) in [5.41, 5.74) is 1.54. The quantitative estimate of drug-likeness (QED) is 0.791. The molecule has 0 atom stereocenters. The summed E-state index contributed by atoms with van der Waals surface area (Å²) in [6.07, 6.45) is 0. The molecule has 104 valence electrons. The highest BCUT2D eigenvalue weighted by Gasteiger charge is 2.10. The summed E-state index contributed by atoms with van der Waals surface area (Å²) in [6, 6.07) is 8.55. The minimum atomic E-state index is -0.971. The van der Waals surface area contributed by atoms with Gasteiger partial charge in [-0.25, -0.2) is 4.79 Å². The van der Waals surface area contributed by atoms with Crippen LogP contribution < -0.4 is 10.6 Å². The van der Waals surface area contributed by atoms with Crippen molar-refractivity contribution in [1.82, 2.24) is 0 Å². The van der Waals surface area contributed by atoms with Crippen LogP contribution in [0.5, 0.6) is 0 Å². The highest BCUT2D eigenvalue weighted by Crippen LogP contribution is 2.24. The number of aromatic carboxylic acids is 1. The van der Waals surface area contributed by atoms with Crippen LogP contribution in [0.25, 0.3) is 0 Å². The Balaban J connectivity index is 2.11. The number of hydrogen-bond donors (Lipinski definition) is 3. The van der Waals surface area contributed by atoms with Gasteiger partial charge in [-0.05, 0) is 23.6 Å². The predicted octanol–water partition coefficient (Wildman–Crippen LogP) is 3.02. The highest BCUT2D eigenvalue weighted by atomic mass is 32.1. The SMILES string of the molecule is CC(=O)Nc1ccsc1CNc1ccccc1C(=O)O. The van der Waals surface area contributed by atoms with Gasteiger partial charge >= 0.3 is 5.97 Å². The smallest absolute Gasteiger partial charge is 0.337 e. The van der Waals surface area contributed by atoms with E-state index >= 15 is 0 Å². The van der Waals surface area contributed by atoms with E-state index in [1.54, 1.807) is 24.3 Å². The molecule has 0 spiro atoms. The Kier molecular flexibility index (Phi) is 4.37. The van der Waals surface area contributed by atoms with Gasteiger partial charge in [-0.1, -0.05) is 12.1 Å². The Morgan fingerprint density at radius 1 is 1.20 bits per heavy atom. The number of nitrogens with one attached hydrogen (secondary N) is 2. The summed E-state index contributed by atoms with van der Waals surface area (Å²) in [6.45, 7) is 1.91.